The van der Waals surface area contributed by atoms with Crippen molar-refractivity contribution in [2.24, 2.45) is 35.5 Å². The van der Waals surface area contributed by atoms with Crippen molar-refractivity contribution in [3.8, 4) is 27.9 Å². The van der Waals surface area contributed by atoms with E-state index in [1.807, 2.05) is 0 Å². The highest BCUT2D eigenvalue weighted by Crippen LogP contribution is 2.63. The van der Waals surface area contributed by atoms with E-state index in [1.165, 1.54) is 171 Å². The zero-order valence-corrected chi connectivity index (χ0v) is 39.8. The SMILES string of the molecule is c1ccc(-c2ccc(N3B4c5c(cc6c(oc7ccccc76)c5-n5c6ccc(C78CC9CC(CC(C9)C7)C8)cc6c6cc(C78CC9CC(CC(C9)C7)C8)cc4c65)-c4ccc5ccccc5c43)cc2)cc1. The summed E-state index contributed by atoms with van der Waals surface area (Å²) < 4.78 is 10.0. The normalized spacial score (nSPS) is 28.5. The average molecular weight is 903 g/mol. The summed E-state index contributed by atoms with van der Waals surface area (Å²) in [5, 5.41) is 7.90. The lowest BCUT2D eigenvalue weighted by Gasteiger charge is -2.57. The predicted molar refractivity (Wildman–Crippen MR) is 290 cm³/mol. The Bertz CT molecular complexity index is 3860. The molecule has 20 rings (SSSR count). The van der Waals surface area contributed by atoms with Gasteiger partial charge in [-0.2, -0.15) is 0 Å². The van der Waals surface area contributed by atoms with Crippen LogP contribution >= 0.6 is 0 Å². The van der Waals surface area contributed by atoms with Gasteiger partial charge in [0.1, 0.15) is 5.58 Å². The molecule has 0 N–H and O–H groups in total. The number of rotatable bonds is 4. The van der Waals surface area contributed by atoms with Crippen LogP contribution in [0, 0.1) is 35.5 Å². The molecule has 4 heteroatoms. The first-order valence-electron chi connectivity index (χ1n) is 27.1. The zero-order chi connectivity index (χ0) is 45.2. The number of para-hydroxylation sites is 1. The van der Waals surface area contributed by atoms with Gasteiger partial charge in [-0.05, 0) is 210 Å². The van der Waals surface area contributed by atoms with Crippen molar-refractivity contribution in [1.82, 2.24) is 4.57 Å². The molecule has 8 bridgehead atoms. The van der Waals surface area contributed by atoms with Crippen molar-refractivity contribution >= 4 is 83.7 Å². The minimum Gasteiger partial charge on any atom is -0.454 e. The van der Waals surface area contributed by atoms with Crippen LogP contribution in [-0.4, -0.2) is 11.4 Å². The van der Waals surface area contributed by atoms with Crippen molar-refractivity contribution in [1.29, 1.82) is 0 Å². The van der Waals surface area contributed by atoms with Gasteiger partial charge >= 0.3 is 6.85 Å². The van der Waals surface area contributed by atoms with Crippen LogP contribution in [0.15, 0.2) is 156 Å². The van der Waals surface area contributed by atoms with E-state index < -0.39 is 0 Å². The minimum absolute atomic E-state index is 0.0840. The van der Waals surface area contributed by atoms with Crippen LogP contribution in [0.25, 0.3) is 82.5 Å². The minimum atomic E-state index is -0.0840. The fourth-order valence-corrected chi connectivity index (χ4v) is 18.8. The number of aromatic nitrogens is 1. The highest BCUT2D eigenvalue weighted by Gasteiger charge is 2.54. The number of hydrogen-bond acceptors (Lipinski definition) is 2. The fraction of sp³-hybridized carbons (Fsp3) is 0.303. The van der Waals surface area contributed by atoms with Gasteiger partial charge < -0.3 is 13.8 Å². The van der Waals surface area contributed by atoms with Crippen LogP contribution in [0.5, 0.6) is 0 Å². The molecule has 0 saturated heterocycles. The quantitative estimate of drug-likeness (QED) is 0.164. The molecule has 10 aliphatic rings. The lowest BCUT2D eigenvalue weighted by atomic mass is 9.42. The summed E-state index contributed by atoms with van der Waals surface area (Å²) in [4.78, 5) is 2.78. The molecule has 2 aliphatic heterocycles. The molecular weight excluding hydrogens is 848 g/mol. The molecule has 70 heavy (non-hydrogen) atoms. The van der Waals surface area contributed by atoms with E-state index in [9.17, 15) is 0 Å². The van der Waals surface area contributed by atoms with Crippen LogP contribution in [-0.2, 0) is 10.8 Å². The largest absolute Gasteiger partial charge is 0.454 e. The fourth-order valence-electron chi connectivity index (χ4n) is 18.8. The molecule has 0 unspecified atom stereocenters. The molecule has 8 aromatic carbocycles. The number of hydrogen-bond donors (Lipinski definition) is 0. The topological polar surface area (TPSA) is 21.3 Å². The first-order valence-corrected chi connectivity index (χ1v) is 27.1. The van der Waals surface area contributed by atoms with E-state index in [2.05, 4.69) is 161 Å². The Labute approximate surface area is 409 Å². The maximum absolute atomic E-state index is 7.29. The molecule has 10 aromatic rings. The monoisotopic (exact) mass is 902 g/mol. The maximum atomic E-state index is 7.29. The second kappa shape index (κ2) is 13.3. The Morgan fingerprint density at radius 1 is 0.457 bits per heavy atom. The molecule has 338 valence electrons. The number of benzene rings is 8. The molecule has 8 saturated carbocycles. The van der Waals surface area contributed by atoms with Gasteiger partial charge in [-0.15, -0.1) is 0 Å². The van der Waals surface area contributed by atoms with Crippen LogP contribution in [0.2, 0.25) is 0 Å². The zero-order valence-electron chi connectivity index (χ0n) is 39.8. The molecule has 0 spiro atoms. The summed E-state index contributed by atoms with van der Waals surface area (Å²) in [5.74, 6) is 5.30. The summed E-state index contributed by atoms with van der Waals surface area (Å²) in [6, 6.07) is 59.2. The lowest BCUT2D eigenvalue weighted by Crippen LogP contribution is -2.61. The summed E-state index contributed by atoms with van der Waals surface area (Å²) in [6.07, 6.45) is 17.0. The molecule has 0 radical (unpaired) electrons. The van der Waals surface area contributed by atoms with Gasteiger partial charge in [0.2, 0.25) is 0 Å². The Hall–Kier alpha value is -6.52. The smallest absolute Gasteiger partial charge is 0.333 e. The van der Waals surface area contributed by atoms with Crippen LogP contribution < -0.4 is 15.7 Å². The second-order valence-corrected chi connectivity index (χ2v) is 24.5. The van der Waals surface area contributed by atoms with Gasteiger partial charge in [0, 0.05) is 43.9 Å². The first kappa shape index (κ1) is 38.3. The molecular formula is C66H55BN2O. The van der Waals surface area contributed by atoms with Gasteiger partial charge in [0.05, 0.1) is 16.7 Å². The summed E-state index contributed by atoms with van der Waals surface area (Å²) in [5.41, 5.74) is 20.2. The van der Waals surface area contributed by atoms with E-state index in [0.29, 0.717) is 5.41 Å². The third-order valence-corrected chi connectivity index (χ3v) is 20.6. The summed E-state index contributed by atoms with van der Waals surface area (Å²) >= 11 is 0. The predicted octanol–water partition coefficient (Wildman–Crippen LogP) is 15.7. The number of nitrogens with zero attached hydrogens (tertiary/aromatic N) is 2. The second-order valence-electron chi connectivity index (χ2n) is 24.5. The summed E-state index contributed by atoms with van der Waals surface area (Å²) in [7, 11) is 0. The van der Waals surface area contributed by atoms with Gasteiger partial charge in [-0.3, -0.25) is 0 Å². The van der Waals surface area contributed by atoms with Crippen molar-refractivity contribution < 1.29 is 4.42 Å². The Balaban J connectivity index is 0.987. The first-order chi connectivity index (χ1) is 34.5. The molecule has 8 aliphatic carbocycles. The molecule has 3 nitrogen and oxygen atoms in total. The highest BCUT2D eigenvalue weighted by atomic mass is 16.3. The van der Waals surface area contributed by atoms with Gasteiger partial charge in [-0.25, -0.2) is 0 Å². The van der Waals surface area contributed by atoms with Crippen molar-refractivity contribution in [3.63, 3.8) is 0 Å². The number of fused-ring (bicyclic) bond motifs is 13. The summed E-state index contributed by atoms with van der Waals surface area (Å²) in [6.45, 7) is -0.0840. The van der Waals surface area contributed by atoms with E-state index in [4.69, 9.17) is 4.42 Å². The number of furan rings is 1. The third-order valence-electron chi connectivity index (χ3n) is 20.6. The Kier molecular flexibility index (Phi) is 7.25. The highest BCUT2D eigenvalue weighted by molar-refractivity contribution is 6.94. The molecule has 8 fully saturated rings. The number of anilines is 2. The molecule has 2 aromatic heterocycles. The van der Waals surface area contributed by atoms with Crippen molar-refractivity contribution in [3.05, 3.63) is 163 Å². The molecule has 4 heterocycles. The third kappa shape index (κ3) is 4.94. The maximum Gasteiger partial charge on any atom is 0.333 e. The van der Waals surface area contributed by atoms with E-state index in [1.54, 1.807) is 11.1 Å². The van der Waals surface area contributed by atoms with Gasteiger partial charge in [-0.1, -0.05) is 109 Å². The van der Waals surface area contributed by atoms with Crippen molar-refractivity contribution in [2.75, 3.05) is 4.81 Å². The van der Waals surface area contributed by atoms with Crippen LogP contribution in [0.4, 0.5) is 11.4 Å². The van der Waals surface area contributed by atoms with Gasteiger partial charge in [0.15, 0.2) is 5.58 Å². The Morgan fingerprint density at radius 3 is 1.79 bits per heavy atom. The standard InChI is InChI=1S/C66H55BN2O/c1-2-8-44(9-3-1)45-14-18-49(19-15-45)69-61-50-11-5-4-10-46(50)16-20-52(61)54-31-56-51-12-6-7-13-59(51)70-64(56)63-60(54)67(69)57-30-48(66-35-41-25-42(36-66)27-43(26-41)37-66)29-55-53-28-47(17-21-58(53)68(63)62(55)57)65-32-38-22-39(33-65)24-40(23-38)34-65/h1-21,28-31,38-43H,22-27,32-37H2. The van der Waals surface area contributed by atoms with Crippen LogP contribution in [0.1, 0.15) is 88.2 Å². The van der Waals surface area contributed by atoms with E-state index in [-0.39, 0.29) is 12.3 Å². The van der Waals surface area contributed by atoms with Crippen LogP contribution in [0.3, 0.4) is 0 Å². The average Bonchev–Trinajstić information content (AvgIpc) is 3.93. The molecule has 0 atom stereocenters. The van der Waals surface area contributed by atoms with Crippen molar-refractivity contribution in [2.45, 2.75) is 87.9 Å². The molecule has 0 amide bonds. The van der Waals surface area contributed by atoms with E-state index in [0.717, 1.165) is 46.7 Å². The Morgan fingerprint density at radius 2 is 1.07 bits per heavy atom. The lowest BCUT2D eigenvalue weighted by molar-refractivity contribution is -0.00526. The van der Waals surface area contributed by atoms with Gasteiger partial charge in [0.25, 0.3) is 0 Å². The van der Waals surface area contributed by atoms with E-state index >= 15 is 0 Å².